The molecule has 0 N–H and O–H groups in total. The standard InChI is InChI=1S/C34H24N4/c1-5-13-23(14-6-1)30-27-21-22-28-29(32(27)38-34(36-30)26-19-11-4-12-20-26)31(24-15-7-2-8-16-24)37-33(35-28)25-17-9-3-10-18-25/h1-20H,21-22H2. The molecule has 1 aliphatic carbocycles. The normalized spacial score (nSPS) is 12.0. The average molecular weight is 489 g/mol. The third kappa shape index (κ3) is 3.97. The molecule has 180 valence electrons. The lowest BCUT2D eigenvalue weighted by atomic mass is 9.87. The van der Waals surface area contributed by atoms with Crippen LogP contribution < -0.4 is 0 Å². The highest BCUT2D eigenvalue weighted by molar-refractivity contribution is 5.88. The predicted octanol–water partition coefficient (Wildman–Crippen LogP) is 7.70. The second-order valence-electron chi connectivity index (χ2n) is 9.40. The Bertz CT molecular complexity index is 1730. The molecule has 2 heterocycles. The van der Waals surface area contributed by atoms with Gasteiger partial charge in [-0.15, -0.1) is 0 Å². The number of hydrogen-bond acceptors (Lipinski definition) is 4. The molecule has 0 amide bonds. The minimum atomic E-state index is 0.710. The molecule has 1 aliphatic rings. The molecule has 4 nitrogen and oxygen atoms in total. The minimum absolute atomic E-state index is 0.710. The Kier molecular flexibility index (Phi) is 5.56. The highest BCUT2D eigenvalue weighted by atomic mass is 14.9. The average Bonchev–Trinajstić information content (AvgIpc) is 3.01. The lowest BCUT2D eigenvalue weighted by molar-refractivity contribution is 0.870. The van der Waals surface area contributed by atoms with Crippen molar-refractivity contribution in [2.45, 2.75) is 12.8 Å². The van der Waals surface area contributed by atoms with Gasteiger partial charge in [-0.1, -0.05) is 121 Å². The Morgan fingerprint density at radius 2 is 0.789 bits per heavy atom. The molecule has 0 saturated carbocycles. The summed E-state index contributed by atoms with van der Waals surface area (Å²) in [7, 11) is 0. The Labute approximate surface area is 221 Å². The van der Waals surface area contributed by atoms with E-state index in [2.05, 4.69) is 72.8 Å². The molecule has 4 aromatic carbocycles. The number of benzene rings is 4. The van der Waals surface area contributed by atoms with E-state index >= 15 is 0 Å². The van der Waals surface area contributed by atoms with Crippen molar-refractivity contribution in [3.05, 3.63) is 133 Å². The van der Waals surface area contributed by atoms with E-state index in [4.69, 9.17) is 19.9 Å². The Balaban J connectivity index is 1.54. The lowest BCUT2D eigenvalue weighted by Gasteiger charge is -2.24. The molecule has 7 rings (SSSR count). The van der Waals surface area contributed by atoms with Gasteiger partial charge in [0.15, 0.2) is 11.6 Å². The molecule has 4 heteroatoms. The smallest absolute Gasteiger partial charge is 0.160 e. The van der Waals surface area contributed by atoms with Crippen LogP contribution in [0, 0.1) is 0 Å². The van der Waals surface area contributed by atoms with E-state index in [1.807, 2.05) is 48.5 Å². The van der Waals surface area contributed by atoms with Crippen LogP contribution in [0.1, 0.15) is 11.3 Å². The van der Waals surface area contributed by atoms with Crippen LogP contribution in [-0.2, 0) is 12.8 Å². The summed E-state index contributed by atoms with van der Waals surface area (Å²) in [6, 6.07) is 41.2. The van der Waals surface area contributed by atoms with E-state index in [0.29, 0.717) is 5.82 Å². The molecule has 6 aromatic rings. The van der Waals surface area contributed by atoms with Crippen molar-refractivity contribution < 1.29 is 0 Å². The number of nitrogens with zero attached hydrogens (tertiary/aromatic N) is 4. The maximum Gasteiger partial charge on any atom is 0.160 e. The van der Waals surface area contributed by atoms with Crippen LogP contribution in [0.5, 0.6) is 0 Å². The van der Waals surface area contributed by atoms with Gasteiger partial charge >= 0.3 is 0 Å². The maximum atomic E-state index is 5.21. The fourth-order valence-electron chi connectivity index (χ4n) is 5.18. The second-order valence-corrected chi connectivity index (χ2v) is 9.40. The summed E-state index contributed by atoms with van der Waals surface area (Å²) in [6.45, 7) is 0. The Morgan fingerprint density at radius 1 is 0.368 bits per heavy atom. The molecular formula is C34H24N4. The quantitative estimate of drug-likeness (QED) is 0.255. The van der Waals surface area contributed by atoms with Crippen LogP contribution in [0.2, 0.25) is 0 Å². The third-order valence-corrected chi connectivity index (χ3v) is 7.00. The molecule has 0 radical (unpaired) electrons. The zero-order chi connectivity index (χ0) is 25.3. The maximum absolute atomic E-state index is 5.21. The fraction of sp³-hybridized carbons (Fsp3) is 0.0588. The van der Waals surface area contributed by atoms with Crippen molar-refractivity contribution in [1.29, 1.82) is 0 Å². The summed E-state index contributed by atoms with van der Waals surface area (Å²) in [4.78, 5) is 20.6. The molecule has 0 saturated heterocycles. The summed E-state index contributed by atoms with van der Waals surface area (Å²) in [6.07, 6.45) is 1.62. The van der Waals surface area contributed by atoms with Gasteiger partial charge in [0, 0.05) is 33.4 Å². The third-order valence-electron chi connectivity index (χ3n) is 7.00. The van der Waals surface area contributed by atoms with Gasteiger partial charge in [0.1, 0.15) is 0 Å². The van der Waals surface area contributed by atoms with Crippen LogP contribution in [0.25, 0.3) is 56.5 Å². The number of hydrogen-bond donors (Lipinski definition) is 0. The summed E-state index contributed by atoms with van der Waals surface area (Å²) >= 11 is 0. The van der Waals surface area contributed by atoms with Gasteiger partial charge in [-0.2, -0.15) is 0 Å². The lowest BCUT2D eigenvalue weighted by Crippen LogP contribution is -2.14. The van der Waals surface area contributed by atoms with Gasteiger partial charge in [0.05, 0.1) is 22.8 Å². The predicted molar refractivity (Wildman–Crippen MR) is 152 cm³/mol. The molecule has 38 heavy (non-hydrogen) atoms. The zero-order valence-corrected chi connectivity index (χ0v) is 20.8. The Hall–Kier alpha value is -4.96. The first-order valence-electron chi connectivity index (χ1n) is 12.9. The first kappa shape index (κ1) is 22.3. The first-order chi connectivity index (χ1) is 18.8. The van der Waals surface area contributed by atoms with E-state index in [1.54, 1.807) is 0 Å². The van der Waals surface area contributed by atoms with Crippen molar-refractivity contribution in [2.75, 3.05) is 0 Å². The number of fused-ring (bicyclic) bond motifs is 3. The van der Waals surface area contributed by atoms with Gasteiger partial charge in [0.25, 0.3) is 0 Å². The molecular weight excluding hydrogens is 464 g/mol. The number of rotatable bonds is 4. The highest BCUT2D eigenvalue weighted by Crippen LogP contribution is 2.42. The van der Waals surface area contributed by atoms with Crippen LogP contribution in [0.3, 0.4) is 0 Å². The molecule has 0 atom stereocenters. The summed E-state index contributed by atoms with van der Waals surface area (Å²) in [5, 5.41) is 0. The molecule has 0 spiro atoms. The van der Waals surface area contributed by atoms with E-state index < -0.39 is 0 Å². The van der Waals surface area contributed by atoms with E-state index in [9.17, 15) is 0 Å². The van der Waals surface area contributed by atoms with Gasteiger partial charge in [-0.05, 0) is 12.8 Å². The van der Waals surface area contributed by atoms with Crippen LogP contribution in [-0.4, -0.2) is 19.9 Å². The molecule has 0 fully saturated rings. The number of aromatic nitrogens is 4. The van der Waals surface area contributed by atoms with Crippen molar-refractivity contribution >= 4 is 0 Å². The van der Waals surface area contributed by atoms with Crippen molar-refractivity contribution in [3.63, 3.8) is 0 Å². The molecule has 0 aliphatic heterocycles. The van der Waals surface area contributed by atoms with E-state index in [0.717, 1.165) is 74.8 Å². The Morgan fingerprint density at radius 3 is 1.34 bits per heavy atom. The van der Waals surface area contributed by atoms with Crippen molar-refractivity contribution in [2.24, 2.45) is 0 Å². The van der Waals surface area contributed by atoms with E-state index in [1.165, 1.54) is 0 Å². The molecule has 0 bridgehead atoms. The van der Waals surface area contributed by atoms with Crippen LogP contribution in [0.4, 0.5) is 0 Å². The van der Waals surface area contributed by atoms with Crippen molar-refractivity contribution in [1.82, 2.24) is 19.9 Å². The SMILES string of the molecule is c1ccc(-c2nc(-c3ccccc3)c3c(n2)-c2c(nc(-c4ccccc4)nc2-c2ccccc2)CC3)cc1. The zero-order valence-electron chi connectivity index (χ0n) is 20.8. The van der Waals surface area contributed by atoms with E-state index in [-0.39, 0.29) is 0 Å². The van der Waals surface area contributed by atoms with Gasteiger partial charge in [-0.25, -0.2) is 19.9 Å². The molecule has 0 unspecified atom stereocenters. The second kappa shape index (κ2) is 9.49. The van der Waals surface area contributed by atoms with Gasteiger partial charge in [-0.3, -0.25) is 0 Å². The first-order valence-corrected chi connectivity index (χ1v) is 12.9. The topological polar surface area (TPSA) is 51.6 Å². The van der Waals surface area contributed by atoms with Gasteiger partial charge < -0.3 is 0 Å². The largest absolute Gasteiger partial charge is 0.232 e. The highest BCUT2D eigenvalue weighted by Gasteiger charge is 2.29. The summed E-state index contributed by atoms with van der Waals surface area (Å²) < 4.78 is 0. The number of aryl methyl sites for hydroxylation is 1. The van der Waals surface area contributed by atoms with Crippen LogP contribution in [0.15, 0.2) is 121 Å². The van der Waals surface area contributed by atoms with Crippen LogP contribution >= 0.6 is 0 Å². The summed E-state index contributed by atoms with van der Waals surface area (Å²) in [5.41, 5.74) is 10.1. The van der Waals surface area contributed by atoms with Crippen molar-refractivity contribution in [3.8, 4) is 56.5 Å². The fourth-order valence-corrected chi connectivity index (χ4v) is 5.18. The molecule has 2 aromatic heterocycles. The summed E-state index contributed by atoms with van der Waals surface area (Å²) in [5.74, 6) is 1.45. The minimum Gasteiger partial charge on any atom is -0.232 e. The monoisotopic (exact) mass is 488 g/mol. The van der Waals surface area contributed by atoms with Gasteiger partial charge in [0.2, 0.25) is 0 Å².